The predicted octanol–water partition coefficient (Wildman–Crippen LogP) is 2.10. The molecule has 2 N–H and O–H groups in total. The summed E-state index contributed by atoms with van der Waals surface area (Å²) >= 11 is 0. The first-order valence-corrected chi connectivity index (χ1v) is 7.60. The molecule has 1 unspecified atom stereocenters. The van der Waals surface area contributed by atoms with Crippen molar-refractivity contribution in [3.05, 3.63) is 30.1 Å². The van der Waals surface area contributed by atoms with Gasteiger partial charge in [-0.15, -0.1) is 0 Å². The van der Waals surface area contributed by atoms with Crippen molar-refractivity contribution in [3.63, 3.8) is 0 Å². The molecule has 1 aromatic carbocycles. The van der Waals surface area contributed by atoms with E-state index in [-0.39, 0.29) is 11.7 Å². The standard InChI is InChI=1S/C16H23FN2O2/c17-14-3-5-15(6-4-14)21-11-8-16(20)19-10-7-13-2-1-9-18-12-13/h3-6,13,18H,1-2,7-12H2,(H,19,20). The number of halogens is 1. The number of rotatable bonds is 7. The Bertz CT molecular complexity index is 430. The topological polar surface area (TPSA) is 50.4 Å². The lowest BCUT2D eigenvalue weighted by molar-refractivity contribution is -0.121. The number of amides is 1. The lowest BCUT2D eigenvalue weighted by Crippen LogP contribution is -2.33. The molecule has 0 aromatic heterocycles. The normalized spacial score (nSPS) is 18.2. The largest absolute Gasteiger partial charge is 0.493 e. The van der Waals surface area contributed by atoms with Gasteiger partial charge >= 0.3 is 0 Å². The van der Waals surface area contributed by atoms with E-state index in [1.165, 1.54) is 25.0 Å². The van der Waals surface area contributed by atoms with Crippen LogP contribution in [0.2, 0.25) is 0 Å². The van der Waals surface area contributed by atoms with Gasteiger partial charge in [-0.2, -0.15) is 0 Å². The third-order valence-electron chi connectivity index (χ3n) is 3.69. The highest BCUT2D eigenvalue weighted by molar-refractivity contribution is 5.75. The van der Waals surface area contributed by atoms with Crippen LogP contribution in [0, 0.1) is 11.7 Å². The van der Waals surface area contributed by atoms with Crippen molar-refractivity contribution in [2.24, 2.45) is 5.92 Å². The number of carbonyl (C=O) groups excluding carboxylic acids is 1. The first-order valence-electron chi connectivity index (χ1n) is 7.60. The van der Waals surface area contributed by atoms with Gasteiger partial charge in [0.05, 0.1) is 13.0 Å². The molecule has 0 aliphatic carbocycles. The Kier molecular flexibility index (Phi) is 6.47. The van der Waals surface area contributed by atoms with Crippen molar-refractivity contribution in [3.8, 4) is 5.75 Å². The van der Waals surface area contributed by atoms with Crippen LogP contribution in [0.25, 0.3) is 0 Å². The summed E-state index contributed by atoms with van der Waals surface area (Å²) in [6.07, 6.45) is 3.82. The molecule has 0 bridgehead atoms. The van der Waals surface area contributed by atoms with Crippen LogP contribution in [0.3, 0.4) is 0 Å². The predicted molar refractivity (Wildman–Crippen MR) is 79.7 cm³/mol. The van der Waals surface area contributed by atoms with E-state index < -0.39 is 0 Å². The van der Waals surface area contributed by atoms with Crippen LogP contribution in [-0.4, -0.2) is 32.1 Å². The Morgan fingerprint density at radius 1 is 1.38 bits per heavy atom. The summed E-state index contributed by atoms with van der Waals surface area (Å²) in [5.74, 6) is 0.963. The third kappa shape index (κ3) is 6.12. The second kappa shape index (κ2) is 8.62. The molecule has 21 heavy (non-hydrogen) atoms. The maximum absolute atomic E-state index is 12.7. The molecule has 2 rings (SSSR count). The summed E-state index contributed by atoms with van der Waals surface area (Å²) in [5, 5.41) is 6.29. The fourth-order valence-electron chi connectivity index (χ4n) is 2.47. The first kappa shape index (κ1) is 15.8. The van der Waals surface area contributed by atoms with Crippen LogP contribution in [0.5, 0.6) is 5.75 Å². The number of nitrogens with one attached hydrogen (secondary N) is 2. The third-order valence-corrected chi connectivity index (χ3v) is 3.69. The van der Waals surface area contributed by atoms with Crippen molar-refractivity contribution < 1.29 is 13.9 Å². The van der Waals surface area contributed by atoms with Crippen LogP contribution in [0.1, 0.15) is 25.7 Å². The lowest BCUT2D eigenvalue weighted by atomic mass is 9.96. The fourth-order valence-corrected chi connectivity index (χ4v) is 2.47. The monoisotopic (exact) mass is 294 g/mol. The van der Waals surface area contributed by atoms with Crippen LogP contribution in [0.4, 0.5) is 4.39 Å². The van der Waals surface area contributed by atoms with E-state index in [2.05, 4.69) is 10.6 Å². The molecule has 1 aliphatic heterocycles. The Balaban J connectivity index is 1.54. The number of hydrogen-bond acceptors (Lipinski definition) is 3. The van der Waals surface area contributed by atoms with Gasteiger partial charge in [-0.1, -0.05) is 0 Å². The van der Waals surface area contributed by atoms with E-state index in [9.17, 15) is 9.18 Å². The van der Waals surface area contributed by atoms with Crippen molar-refractivity contribution in [2.75, 3.05) is 26.2 Å². The Hall–Kier alpha value is -1.62. The maximum atomic E-state index is 12.7. The molecule has 0 saturated carbocycles. The number of carbonyl (C=O) groups is 1. The second-order valence-corrected chi connectivity index (χ2v) is 5.40. The fraction of sp³-hybridized carbons (Fsp3) is 0.562. The Morgan fingerprint density at radius 3 is 2.90 bits per heavy atom. The maximum Gasteiger partial charge on any atom is 0.223 e. The minimum atomic E-state index is -0.294. The minimum absolute atomic E-state index is 0.000815. The number of piperidine rings is 1. The molecule has 0 spiro atoms. The summed E-state index contributed by atoms with van der Waals surface area (Å²) in [7, 11) is 0. The van der Waals surface area contributed by atoms with Gasteiger partial charge in [0, 0.05) is 6.54 Å². The summed E-state index contributed by atoms with van der Waals surface area (Å²) < 4.78 is 18.1. The van der Waals surface area contributed by atoms with Crippen molar-refractivity contribution >= 4 is 5.91 Å². The van der Waals surface area contributed by atoms with Crippen LogP contribution < -0.4 is 15.4 Å². The van der Waals surface area contributed by atoms with Gasteiger partial charge in [0.25, 0.3) is 0 Å². The molecule has 1 aliphatic rings. The molecule has 1 amide bonds. The molecule has 1 fully saturated rings. The highest BCUT2D eigenvalue weighted by Crippen LogP contribution is 2.13. The molecule has 116 valence electrons. The quantitative estimate of drug-likeness (QED) is 0.810. The summed E-state index contributed by atoms with van der Waals surface area (Å²) in [5.41, 5.74) is 0. The van der Waals surface area contributed by atoms with E-state index >= 15 is 0 Å². The molecule has 1 heterocycles. The van der Waals surface area contributed by atoms with Gasteiger partial charge in [-0.25, -0.2) is 4.39 Å². The van der Waals surface area contributed by atoms with Crippen molar-refractivity contribution in [2.45, 2.75) is 25.7 Å². The van der Waals surface area contributed by atoms with E-state index in [4.69, 9.17) is 4.74 Å². The number of ether oxygens (including phenoxy) is 1. The van der Waals surface area contributed by atoms with Crippen molar-refractivity contribution in [1.29, 1.82) is 0 Å². The highest BCUT2D eigenvalue weighted by atomic mass is 19.1. The zero-order valence-corrected chi connectivity index (χ0v) is 12.2. The highest BCUT2D eigenvalue weighted by Gasteiger charge is 2.12. The Labute approximate surface area is 125 Å². The molecule has 5 heteroatoms. The number of hydrogen-bond donors (Lipinski definition) is 2. The average Bonchev–Trinajstić information content (AvgIpc) is 2.50. The average molecular weight is 294 g/mol. The van der Waals surface area contributed by atoms with Gasteiger partial charge in [-0.05, 0) is 62.5 Å². The second-order valence-electron chi connectivity index (χ2n) is 5.40. The van der Waals surface area contributed by atoms with Crippen molar-refractivity contribution in [1.82, 2.24) is 10.6 Å². The zero-order valence-electron chi connectivity index (χ0n) is 12.2. The molecule has 1 aromatic rings. The summed E-state index contributed by atoms with van der Waals surface area (Å²) in [6, 6.07) is 5.80. The molecular weight excluding hydrogens is 271 g/mol. The minimum Gasteiger partial charge on any atom is -0.493 e. The zero-order chi connectivity index (χ0) is 14.9. The van der Waals surface area contributed by atoms with Gasteiger partial charge in [0.2, 0.25) is 5.91 Å². The van der Waals surface area contributed by atoms with E-state index in [0.717, 1.165) is 26.1 Å². The smallest absolute Gasteiger partial charge is 0.223 e. The molecule has 1 atom stereocenters. The van der Waals surface area contributed by atoms with Gasteiger partial charge in [0.15, 0.2) is 0 Å². The van der Waals surface area contributed by atoms with Crippen LogP contribution in [-0.2, 0) is 4.79 Å². The molecular formula is C16H23FN2O2. The first-order chi connectivity index (χ1) is 10.2. The van der Waals surface area contributed by atoms with Crippen LogP contribution in [0.15, 0.2) is 24.3 Å². The summed E-state index contributed by atoms with van der Waals surface area (Å²) in [6.45, 7) is 3.21. The lowest BCUT2D eigenvalue weighted by Gasteiger charge is -2.22. The van der Waals surface area contributed by atoms with Crippen LogP contribution >= 0.6 is 0 Å². The van der Waals surface area contributed by atoms with Gasteiger partial charge < -0.3 is 15.4 Å². The number of benzene rings is 1. The van der Waals surface area contributed by atoms with E-state index in [1.54, 1.807) is 12.1 Å². The molecule has 4 nitrogen and oxygen atoms in total. The molecule has 0 radical (unpaired) electrons. The molecule has 1 saturated heterocycles. The van der Waals surface area contributed by atoms with Gasteiger partial charge in [0.1, 0.15) is 11.6 Å². The van der Waals surface area contributed by atoms with E-state index in [1.807, 2.05) is 0 Å². The Morgan fingerprint density at radius 2 is 2.19 bits per heavy atom. The SMILES string of the molecule is O=C(CCOc1ccc(F)cc1)NCCC1CCCNC1. The van der Waals surface area contributed by atoms with E-state index in [0.29, 0.717) is 24.7 Å². The summed E-state index contributed by atoms with van der Waals surface area (Å²) in [4.78, 5) is 11.7. The van der Waals surface area contributed by atoms with Gasteiger partial charge in [-0.3, -0.25) is 4.79 Å².